The van der Waals surface area contributed by atoms with Gasteiger partial charge in [-0.2, -0.15) is 0 Å². The number of carbonyl (C=O) groups is 3. The first kappa shape index (κ1) is 58.6. The van der Waals surface area contributed by atoms with Crippen LogP contribution in [-0.4, -0.2) is 106 Å². The van der Waals surface area contributed by atoms with E-state index in [0.29, 0.717) is 13.5 Å². The summed E-state index contributed by atoms with van der Waals surface area (Å²) < 4.78 is 12.1. The minimum Gasteiger partial charge on any atom is -0.497 e. The van der Waals surface area contributed by atoms with E-state index in [9.17, 15) is 14.4 Å². The van der Waals surface area contributed by atoms with Gasteiger partial charge in [-0.1, -0.05) is 138 Å². The molecule has 63 heavy (non-hydrogen) atoms. The molecule has 0 atom stereocenters. The lowest BCUT2D eigenvalue weighted by atomic mass is 9.21. The van der Waals surface area contributed by atoms with Crippen LogP contribution in [0.2, 0.25) is 13.6 Å². The number of aliphatic hydroxyl groups excluding tert-OH is 2. The second-order valence-corrected chi connectivity index (χ2v) is 17.9. The highest BCUT2D eigenvalue weighted by Gasteiger charge is 2.25. The average Bonchev–Trinajstić information content (AvgIpc) is 3.25. The maximum atomic E-state index is 11.2. The van der Waals surface area contributed by atoms with Crippen LogP contribution in [0, 0.1) is 12.3 Å². The van der Waals surface area contributed by atoms with Crippen molar-refractivity contribution >= 4 is 62.7 Å². The highest BCUT2D eigenvalue weighted by atomic mass is 79.9. The number of methoxy groups -OCH3 is 2. The third-order valence-corrected chi connectivity index (χ3v) is 10.0. The molecule has 0 saturated carbocycles. The summed E-state index contributed by atoms with van der Waals surface area (Å²) in [7, 11) is 11.8. The molecule has 0 bridgehead atoms. The Hall–Kier alpha value is -4.36. The molecule has 0 saturated heterocycles. The third-order valence-electron chi connectivity index (χ3n) is 8.98. The highest BCUT2D eigenvalue weighted by molar-refractivity contribution is 9.10. The number of rotatable bonds is 11. The quantitative estimate of drug-likeness (QED) is 0.0985. The zero-order chi connectivity index (χ0) is 48.3. The lowest BCUT2D eigenvalue weighted by Crippen LogP contribution is -2.54. The maximum Gasteiger partial charge on any atom is 0.267 e. The fourth-order valence-electron chi connectivity index (χ4n) is 5.43. The lowest BCUT2D eigenvalue weighted by molar-refractivity contribution is 0.0856. The average molecular weight is 991 g/mol. The summed E-state index contributed by atoms with van der Waals surface area (Å²) in [6, 6.07) is 38.0. The van der Waals surface area contributed by atoms with Crippen LogP contribution in [0.1, 0.15) is 71.3 Å². The third kappa shape index (κ3) is 25.5. The standard InChI is InChI=1S/C15H14O2.C9H10O.C8H7BrO.C7H7BrO.C6H18B2N2.C5H12O2/c1-11(16)12-3-5-13(6-4-12)14-7-9-15(17-2)10-8-14;1-7-3-5-9(6-4-7)8(2)10;1-6(10)7-2-4-8(9)5-3-7;1-9-7-4-2-6(8)3-5-7;1-7(2)8(9(3)4)10(5)6;1-5(2,3-6)4-7/h3-10H,1-2H3;3-6H,1-2H3;2-5H,1H3;2-5H,1H3;1-6H3;6-7H,3-4H2,1-2H3. The Labute approximate surface area is 395 Å². The van der Waals surface area contributed by atoms with E-state index in [-0.39, 0.29) is 36.0 Å². The molecule has 2 N–H and O–H groups in total. The first-order valence-electron chi connectivity index (χ1n) is 20.5. The van der Waals surface area contributed by atoms with Gasteiger partial charge in [0.05, 0.1) is 27.4 Å². The maximum absolute atomic E-state index is 11.2. The molecular weight excluding hydrogens is 922 g/mol. The van der Waals surface area contributed by atoms with Gasteiger partial charge in [0, 0.05) is 31.1 Å². The predicted octanol–water partition coefficient (Wildman–Crippen LogP) is 11.3. The highest BCUT2D eigenvalue weighted by Crippen LogP contribution is 2.23. The molecule has 0 radical (unpaired) electrons. The summed E-state index contributed by atoms with van der Waals surface area (Å²) in [5.74, 6) is 2.05. The van der Waals surface area contributed by atoms with E-state index in [1.807, 2.05) is 116 Å². The van der Waals surface area contributed by atoms with Gasteiger partial charge in [-0.3, -0.25) is 14.4 Å². The van der Waals surface area contributed by atoms with Crippen LogP contribution in [0.25, 0.3) is 11.1 Å². The molecule has 0 aliphatic heterocycles. The summed E-state index contributed by atoms with van der Waals surface area (Å²) in [6.45, 7) is 16.1. The van der Waals surface area contributed by atoms with Crippen molar-refractivity contribution < 1.29 is 34.1 Å². The van der Waals surface area contributed by atoms with E-state index >= 15 is 0 Å². The summed E-state index contributed by atoms with van der Waals surface area (Å²) in [4.78, 5) is 37.1. The first-order chi connectivity index (χ1) is 29.5. The summed E-state index contributed by atoms with van der Waals surface area (Å²) in [5, 5.41) is 16.9. The van der Waals surface area contributed by atoms with Crippen molar-refractivity contribution in [3.05, 3.63) is 153 Å². The molecule has 5 rings (SSSR count). The topological polar surface area (TPSA) is 117 Å². The van der Waals surface area contributed by atoms with Crippen molar-refractivity contribution in [2.45, 2.75) is 55.2 Å². The Kier molecular flexibility index (Phi) is 29.3. The van der Waals surface area contributed by atoms with Crippen LogP contribution in [0.5, 0.6) is 11.5 Å². The van der Waals surface area contributed by atoms with Crippen LogP contribution >= 0.6 is 31.9 Å². The van der Waals surface area contributed by atoms with Crippen molar-refractivity contribution in [3.63, 3.8) is 0 Å². The van der Waals surface area contributed by atoms with E-state index in [0.717, 1.165) is 48.3 Å². The minimum atomic E-state index is -0.306. The molecule has 0 aromatic heterocycles. The van der Waals surface area contributed by atoms with Gasteiger partial charge in [0.15, 0.2) is 17.3 Å². The number of Topliss-reactive ketones (excluding diaryl/α,β-unsaturated/α-hetero) is 3. The Bertz CT molecular complexity index is 1950. The minimum absolute atomic E-state index is 0.0451. The van der Waals surface area contributed by atoms with Gasteiger partial charge in [0.2, 0.25) is 0 Å². The molecule has 0 amide bonds. The normalized spacial score (nSPS) is 10.0. The second-order valence-electron chi connectivity index (χ2n) is 16.1. The molecule has 0 aliphatic carbocycles. The molecule has 0 unspecified atom stereocenters. The van der Waals surface area contributed by atoms with Gasteiger partial charge in [-0.05, 0) is 116 Å². The van der Waals surface area contributed by atoms with Crippen molar-refractivity contribution in [2.75, 3.05) is 55.6 Å². The van der Waals surface area contributed by atoms with Crippen LogP contribution in [0.3, 0.4) is 0 Å². The molecule has 0 spiro atoms. The number of hydrogen-bond acceptors (Lipinski definition) is 9. The fraction of sp³-hybridized carbons (Fsp3) is 0.340. The first-order valence-corrected chi connectivity index (χ1v) is 22.0. The molecule has 0 fully saturated rings. The number of benzene rings is 5. The summed E-state index contributed by atoms with van der Waals surface area (Å²) in [5.41, 5.74) is 5.36. The number of halogens is 2. The summed E-state index contributed by atoms with van der Waals surface area (Å²) in [6.07, 6.45) is 0. The fourth-order valence-corrected chi connectivity index (χ4v) is 5.96. The number of nitrogens with zero attached hydrogens (tertiary/aromatic N) is 2. The molecular formula is C50H68B2Br2N2O7. The van der Waals surface area contributed by atoms with E-state index in [2.05, 4.69) is 83.3 Å². The number of ether oxygens (including phenoxy) is 2. The van der Waals surface area contributed by atoms with Gasteiger partial charge in [-0.25, -0.2) is 0 Å². The SMILES string of the molecule is CB(C)B(N(C)C)N(C)C.CC(=O)c1ccc(Br)cc1.CC(=O)c1ccc(C)cc1.CC(C)(CO)CO.COc1ccc(-c2ccc(C(C)=O)cc2)cc1.COc1ccc(Br)cc1. The largest absolute Gasteiger partial charge is 0.497 e. The molecule has 340 valence electrons. The number of aryl methyl sites for hydroxylation is 1. The van der Waals surface area contributed by atoms with Crippen LogP contribution in [0.15, 0.2) is 130 Å². The zero-order valence-electron chi connectivity index (χ0n) is 39.7. The molecule has 0 heterocycles. The Balaban J connectivity index is 0.000000752. The van der Waals surface area contributed by atoms with E-state index in [1.165, 1.54) is 5.56 Å². The van der Waals surface area contributed by atoms with Crippen LogP contribution < -0.4 is 9.47 Å². The molecule has 5 aromatic rings. The molecule has 5 aromatic carbocycles. The smallest absolute Gasteiger partial charge is 0.267 e. The summed E-state index contributed by atoms with van der Waals surface area (Å²) >= 11 is 6.60. The zero-order valence-corrected chi connectivity index (χ0v) is 42.9. The van der Waals surface area contributed by atoms with Gasteiger partial charge in [0.1, 0.15) is 18.1 Å². The number of ketones is 3. The number of carbonyl (C=O) groups excluding carboxylic acids is 3. The Morgan fingerprint density at radius 2 is 0.810 bits per heavy atom. The molecule has 13 heteroatoms. The second kappa shape index (κ2) is 31.5. The number of aliphatic hydroxyl groups is 2. The van der Waals surface area contributed by atoms with E-state index in [4.69, 9.17) is 19.7 Å². The van der Waals surface area contributed by atoms with Gasteiger partial charge in [0.25, 0.3) is 6.87 Å². The van der Waals surface area contributed by atoms with Crippen molar-refractivity contribution in [3.8, 4) is 22.6 Å². The monoisotopic (exact) mass is 988 g/mol. The van der Waals surface area contributed by atoms with Crippen molar-refractivity contribution in [1.82, 2.24) is 9.62 Å². The van der Waals surface area contributed by atoms with E-state index in [1.54, 1.807) is 61.0 Å². The molecule has 0 aliphatic rings. The van der Waals surface area contributed by atoms with Crippen molar-refractivity contribution in [2.24, 2.45) is 5.41 Å². The lowest BCUT2D eigenvalue weighted by Gasteiger charge is -2.28. The predicted molar refractivity (Wildman–Crippen MR) is 273 cm³/mol. The van der Waals surface area contributed by atoms with Crippen LogP contribution in [0.4, 0.5) is 0 Å². The van der Waals surface area contributed by atoms with Crippen LogP contribution in [-0.2, 0) is 0 Å². The Morgan fingerprint density at radius 3 is 1.05 bits per heavy atom. The number of hydrogen-bond donors (Lipinski definition) is 2. The molecule has 9 nitrogen and oxygen atoms in total. The van der Waals surface area contributed by atoms with Gasteiger partial charge < -0.3 is 29.3 Å². The van der Waals surface area contributed by atoms with E-state index < -0.39 is 0 Å². The van der Waals surface area contributed by atoms with Crippen molar-refractivity contribution in [1.29, 1.82) is 0 Å². The van der Waals surface area contributed by atoms with Gasteiger partial charge >= 0.3 is 0 Å². The van der Waals surface area contributed by atoms with Gasteiger partial charge in [-0.15, -0.1) is 0 Å². The Morgan fingerprint density at radius 1 is 0.540 bits per heavy atom.